The Bertz CT molecular complexity index is 701. The van der Waals surface area contributed by atoms with E-state index in [1.54, 1.807) is 22.4 Å². The van der Waals surface area contributed by atoms with Gasteiger partial charge in [-0.15, -0.1) is 23.7 Å². The monoisotopic (exact) mass is 391 g/mol. The normalized spacial score (nSPS) is 16.9. The van der Waals surface area contributed by atoms with Gasteiger partial charge in [0, 0.05) is 30.6 Å². The number of amides is 1. The molecule has 124 valence electrons. The molecule has 0 saturated carbocycles. The van der Waals surface area contributed by atoms with Gasteiger partial charge in [0.15, 0.2) is 0 Å². The summed E-state index contributed by atoms with van der Waals surface area (Å²) in [4.78, 5) is 18.7. The van der Waals surface area contributed by atoms with Crippen LogP contribution in [0.15, 0.2) is 23.6 Å². The molecule has 2 aromatic rings. The van der Waals surface area contributed by atoms with Crippen LogP contribution in [0.5, 0.6) is 0 Å². The van der Waals surface area contributed by atoms with Crippen molar-refractivity contribution < 1.29 is 4.79 Å². The summed E-state index contributed by atoms with van der Waals surface area (Å²) in [6.07, 6.45) is 0.978. The van der Waals surface area contributed by atoms with E-state index in [-0.39, 0.29) is 24.4 Å². The predicted octanol–water partition coefficient (Wildman–Crippen LogP) is 3.97. The van der Waals surface area contributed by atoms with E-state index in [1.807, 2.05) is 13.1 Å². The highest BCUT2D eigenvalue weighted by Gasteiger charge is 2.25. The molecule has 0 bridgehead atoms. The van der Waals surface area contributed by atoms with E-state index in [2.05, 4.69) is 10.3 Å². The second-order valence-corrected chi connectivity index (χ2v) is 6.90. The topological polar surface area (TPSA) is 45.2 Å². The quantitative estimate of drug-likeness (QED) is 0.859. The standard InChI is InChI=1S/C15H15Cl2N3OS.ClH/c1-20(10-4-5-18-7-10)15(21)13-8-22-14(19-13)9-2-3-11(16)12(17)6-9;/h2-3,6,8,10,18H,4-5,7H2,1H3;1H. The summed E-state index contributed by atoms with van der Waals surface area (Å²) in [6, 6.07) is 5.59. The maximum atomic E-state index is 12.5. The van der Waals surface area contributed by atoms with Gasteiger partial charge in [-0.2, -0.15) is 0 Å². The van der Waals surface area contributed by atoms with E-state index >= 15 is 0 Å². The Morgan fingerprint density at radius 2 is 2.17 bits per heavy atom. The van der Waals surface area contributed by atoms with Crippen LogP contribution in [0.3, 0.4) is 0 Å². The van der Waals surface area contributed by atoms with Crippen molar-refractivity contribution in [3.05, 3.63) is 39.3 Å². The van der Waals surface area contributed by atoms with Gasteiger partial charge in [0.2, 0.25) is 0 Å². The number of likely N-dealkylation sites (N-methyl/N-ethyl adjacent to an activating group) is 1. The van der Waals surface area contributed by atoms with Crippen molar-refractivity contribution in [2.45, 2.75) is 12.5 Å². The first kappa shape index (κ1) is 18.5. The summed E-state index contributed by atoms with van der Waals surface area (Å²) in [5.74, 6) is -0.0451. The molecule has 2 heterocycles. The third-order valence-electron chi connectivity index (χ3n) is 3.79. The van der Waals surface area contributed by atoms with E-state index < -0.39 is 0 Å². The number of hydrogen-bond acceptors (Lipinski definition) is 4. The Kier molecular flexibility index (Phi) is 6.28. The van der Waals surface area contributed by atoms with Gasteiger partial charge >= 0.3 is 0 Å². The summed E-state index contributed by atoms with van der Waals surface area (Å²) >= 11 is 13.4. The molecule has 1 unspecified atom stereocenters. The van der Waals surface area contributed by atoms with Crippen molar-refractivity contribution in [3.63, 3.8) is 0 Å². The maximum absolute atomic E-state index is 12.5. The minimum Gasteiger partial charge on any atom is -0.336 e. The average Bonchev–Trinajstić information content (AvgIpc) is 3.19. The smallest absolute Gasteiger partial charge is 0.273 e. The van der Waals surface area contributed by atoms with Crippen molar-refractivity contribution in [2.24, 2.45) is 0 Å². The number of halogens is 3. The van der Waals surface area contributed by atoms with E-state index in [4.69, 9.17) is 23.2 Å². The fourth-order valence-corrected chi connectivity index (χ4v) is 3.54. The second kappa shape index (κ2) is 7.81. The van der Waals surface area contributed by atoms with Gasteiger partial charge in [0.25, 0.3) is 5.91 Å². The van der Waals surface area contributed by atoms with Crippen LogP contribution in [-0.4, -0.2) is 42.0 Å². The molecule has 1 aromatic carbocycles. The van der Waals surface area contributed by atoms with Crippen LogP contribution in [0.1, 0.15) is 16.9 Å². The van der Waals surface area contributed by atoms with Gasteiger partial charge in [-0.05, 0) is 25.1 Å². The Labute approximate surface area is 155 Å². The molecule has 0 spiro atoms. The van der Waals surface area contributed by atoms with Crippen molar-refractivity contribution in [3.8, 4) is 10.6 Å². The lowest BCUT2D eigenvalue weighted by Gasteiger charge is -2.22. The first-order valence-corrected chi connectivity index (χ1v) is 8.58. The molecule has 0 aliphatic carbocycles. The summed E-state index contributed by atoms with van der Waals surface area (Å²) in [7, 11) is 1.83. The minimum absolute atomic E-state index is 0. The number of nitrogens with zero attached hydrogens (tertiary/aromatic N) is 2. The third-order valence-corrected chi connectivity index (χ3v) is 5.42. The van der Waals surface area contributed by atoms with Gasteiger partial charge in [0.05, 0.1) is 10.0 Å². The fourth-order valence-electron chi connectivity index (χ4n) is 2.45. The lowest BCUT2D eigenvalue weighted by molar-refractivity contribution is 0.0739. The molecule has 4 nitrogen and oxygen atoms in total. The summed E-state index contributed by atoms with van der Waals surface area (Å²) < 4.78 is 0. The first-order valence-electron chi connectivity index (χ1n) is 6.95. The number of rotatable bonds is 3. The largest absolute Gasteiger partial charge is 0.336 e. The van der Waals surface area contributed by atoms with Crippen LogP contribution in [0, 0.1) is 0 Å². The highest BCUT2D eigenvalue weighted by atomic mass is 35.5. The molecule has 1 aliphatic rings. The van der Waals surface area contributed by atoms with Crippen LogP contribution in [0.4, 0.5) is 0 Å². The van der Waals surface area contributed by atoms with Crippen LogP contribution in [-0.2, 0) is 0 Å². The number of nitrogens with one attached hydrogen (secondary N) is 1. The molecule has 0 radical (unpaired) electrons. The number of hydrogen-bond donors (Lipinski definition) is 1. The minimum atomic E-state index is -0.0451. The summed E-state index contributed by atoms with van der Waals surface area (Å²) in [5, 5.41) is 6.81. The average molecular weight is 393 g/mol. The zero-order chi connectivity index (χ0) is 15.7. The van der Waals surface area contributed by atoms with Crippen LogP contribution in [0.2, 0.25) is 10.0 Å². The van der Waals surface area contributed by atoms with Crippen molar-refractivity contribution in [1.82, 2.24) is 15.2 Å². The van der Waals surface area contributed by atoms with Crippen molar-refractivity contribution in [1.29, 1.82) is 0 Å². The van der Waals surface area contributed by atoms with E-state index in [9.17, 15) is 4.79 Å². The predicted molar refractivity (Wildman–Crippen MR) is 98.2 cm³/mol. The van der Waals surface area contributed by atoms with Gasteiger partial charge < -0.3 is 10.2 Å². The third kappa shape index (κ3) is 3.98. The van der Waals surface area contributed by atoms with E-state index in [0.29, 0.717) is 15.7 Å². The Hall–Kier alpha value is -0.850. The van der Waals surface area contributed by atoms with E-state index in [0.717, 1.165) is 30.1 Å². The molecule has 1 fully saturated rings. The maximum Gasteiger partial charge on any atom is 0.273 e. The van der Waals surface area contributed by atoms with Crippen LogP contribution >= 0.6 is 46.9 Å². The molecular weight excluding hydrogens is 377 g/mol. The molecule has 8 heteroatoms. The molecule has 1 amide bonds. The number of aromatic nitrogens is 1. The van der Waals surface area contributed by atoms with Gasteiger partial charge in [-0.3, -0.25) is 4.79 Å². The zero-order valence-electron chi connectivity index (χ0n) is 12.4. The van der Waals surface area contributed by atoms with Crippen molar-refractivity contribution in [2.75, 3.05) is 20.1 Å². The molecule has 3 rings (SSSR count). The first-order chi connectivity index (χ1) is 10.6. The van der Waals surface area contributed by atoms with Crippen LogP contribution in [0.25, 0.3) is 10.6 Å². The number of carbonyl (C=O) groups is 1. The van der Waals surface area contributed by atoms with Crippen molar-refractivity contribution >= 4 is 52.9 Å². The number of benzene rings is 1. The van der Waals surface area contributed by atoms with Crippen LogP contribution < -0.4 is 5.32 Å². The second-order valence-electron chi connectivity index (χ2n) is 5.23. The Morgan fingerprint density at radius 3 is 2.83 bits per heavy atom. The molecule has 1 N–H and O–H groups in total. The van der Waals surface area contributed by atoms with Gasteiger partial charge in [0.1, 0.15) is 10.7 Å². The molecule has 1 atom stereocenters. The molecule has 1 aliphatic heterocycles. The summed E-state index contributed by atoms with van der Waals surface area (Å²) in [5.41, 5.74) is 1.34. The number of thiazole rings is 1. The fraction of sp³-hybridized carbons (Fsp3) is 0.333. The lowest BCUT2D eigenvalue weighted by atomic mass is 10.2. The molecule has 1 saturated heterocycles. The summed E-state index contributed by atoms with van der Waals surface area (Å²) in [6.45, 7) is 1.79. The lowest BCUT2D eigenvalue weighted by Crippen LogP contribution is -2.38. The highest BCUT2D eigenvalue weighted by molar-refractivity contribution is 7.13. The Morgan fingerprint density at radius 1 is 1.39 bits per heavy atom. The Balaban J connectivity index is 0.00000192. The van der Waals surface area contributed by atoms with Gasteiger partial charge in [-0.1, -0.05) is 29.3 Å². The van der Waals surface area contributed by atoms with Gasteiger partial charge in [-0.25, -0.2) is 4.98 Å². The van der Waals surface area contributed by atoms with E-state index in [1.165, 1.54) is 11.3 Å². The molecule has 23 heavy (non-hydrogen) atoms. The zero-order valence-corrected chi connectivity index (χ0v) is 15.5. The highest BCUT2D eigenvalue weighted by Crippen LogP contribution is 2.30. The molecular formula is C15H16Cl3N3OS. The number of carbonyl (C=O) groups excluding carboxylic acids is 1. The molecule has 1 aromatic heterocycles. The SMILES string of the molecule is CN(C(=O)c1csc(-c2ccc(Cl)c(Cl)c2)n1)C1CCNC1.Cl.